The highest BCUT2D eigenvalue weighted by atomic mass is 79.9. The fraction of sp³-hybridized carbons (Fsp3) is 0.615. The molecule has 0 atom stereocenters. The molecule has 1 aliphatic rings. The molecule has 0 unspecified atom stereocenters. The quantitative estimate of drug-likeness (QED) is 0.855. The highest BCUT2D eigenvalue weighted by molar-refractivity contribution is 9.10. The van der Waals surface area contributed by atoms with Crippen molar-refractivity contribution in [1.29, 1.82) is 0 Å². The molecular weight excluding hydrogens is 278 g/mol. The van der Waals surface area contributed by atoms with Gasteiger partial charge in [-0.3, -0.25) is 4.98 Å². The first-order valence-electron chi connectivity index (χ1n) is 6.37. The minimum absolute atomic E-state index is 1.06. The van der Waals surface area contributed by atoms with Crippen LogP contribution in [-0.2, 0) is 0 Å². The van der Waals surface area contributed by atoms with Crippen LogP contribution >= 0.6 is 15.9 Å². The first-order valence-corrected chi connectivity index (χ1v) is 7.16. The molecule has 1 saturated heterocycles. The SMILES string of the molecule is CCCN1CCCN(c2cncc(Br)c2)CC1. The van der Waals surface area contributed by atoms with E-state index in [0.717, 1.165) is 17.6 Å². The van der Waals surface area contributed by atoms with Crippen LogP contribution in [-0.4, -0.2) is 42.6 Å². The van der Waals surface area contributed by atoms with E-state index in [1.165, 1.54) is 38.2 Å². The molecule has 0 saturated carbocycles. The Balaban J connectivity index is 1.99. The lowest BCUT2D eigenvalue weighted by Gasteiger charge is -2.23. The number of nitrogens with zero attached hydrogens (tertiary/aromatic N) is 3. The maximum absolute atomic E-state index is 4.24. The van der Waals surface area contributed by atoms with E-state index in [9.17, 15) is 0 Å². The van der Waals surface area contributed by atoms with Crippen molar-refractivity contribution in [2.45, 2.75) is 19.8 Å². The van der Waals surface area contributed by atoms with E-state index in [1.807, 2.05) is 12.4 Å². The van der Waals surface area contributed by atoms with Gasteiger partial charge in [-0.05, 0) is 47.9 Å². The second-order valence-corrected chi connectivity index (χ2v) is 5.46. The minimum Gasteiger partial charge on any atom is -0.369 e. The van der Waals surface area contributed by atoms with E-state index < -0.39 is 0 Å². The maximum Gasteiger partial charge on any atom is 0.0564 e. The van der Waals surface area contributed by atoms with Crippen molar-refractivity contribution in [2.24, 2.45) is 0 Å². The largest absolute Gasteiger partial charge is 0.369 e. The summed E-state index contributed by atoms with van der Waals surface area (Å²) in [6, 6.07) is 2.16. The van der Waals surface area contributed by atoms with E-state index in [4.69, 9.17) is 0 Å². The molecule has 17 heavy (non-hydrogen) atoms. The molecular formula is C13H20BrN3. The summed E-state index contributed by atoms with van der Waals surface area (Å²) in [5, 5.41) is 0. The Morgan fingerprint density at radius 3 is 2.88 bits per heavy atom. The first kappa shape index (κ1) is 12.8. The van der Waals surface area contributed by atoms with E-state index in [2.05, 4.69) is 43.7 Å². The Bertz CT molecular complexity index is 356. The Hall–Kier alpha value is -0.610. The Labute approximate surface area is 112 Å². The first-order chi connectivity index (χ1) is 8.29. The minimum atomic E-state index is 1.06. The molecule has 94 valence electrons. The smallest absolute Gasteiger partial charge is 0.0564 e. The number of anilines is 1. The van der Waals surface area contributed by atoms with E-state index >= 15 is 0 Å². The van der Waals surface area contributed by atoms with Gasteiger partial charge in [0.15, 0.2) is 0 Å². The van der Waals surface area contributed by atoms with Crippen molar-refractivity contribution < 1.29 is 0 Å². The molecule has 2 rings (SSSR count). The summed E-state index contributed by atoms with van der Waals surface area (Å²) in [7, 11) is 0. The van der Waals surface area contributed by atoms with Crippen LogP contribution in [0.5, 0.6) is 0 Å². The lowest BCUT2D eigenvalue weighted by Crippen LogP contribution is -2.31. The Morgan fingerprint density at radius 2 is 2.12 bits per heavy atom. The van der Waals surface area contributed by atoms with E-state index in [1.54, 1.807) is 0 Å². The van der Waals surface area contributed by atoms with Crippen LogP contribution in [0, 0.1) is 0 Å². The van der Waals surface area contributed by atoms with E-state index in [0.29, 0.717) is 0 Å². The average molecular weight is 298 g/mol. The lowest BCUT2D eigenvalue weighted by atomic mass is 10.3. The van der Waals surface area contributed by atoms with Gasteiger partial charge in [0.05, 0.1) is 11.9 Å². The van der Waals surface area contributed by atoms with Crippen LogP contribution < -0.4 is 4.90 Å². The van der Waals surface area contributed by atoms with Crippen molar-refractivity contribution in [3.8, 4) is 0 Å². The maximum atomic E-state index is 4.24. The molecule has 2 heterocycles. The predicted octanol–water partition coefficient (Wildman–Crippen LogP) is 2.77. The molecule has 0 N–H and O–H groups in total. The molecule has 0 bridgehead atoms. The summed E-state index contributed by atoms with van der Waals surface area (Å²) in [4.78, 5) is 9.24. The Kier molecular flexibility index (Phi) is 4.80. The number of halogens is 1. The molecule has 4 heteroatoms. The molecule has 0 spiro atoms. The topological polar surface area (TPSA) is 19.4 Å². The van der Waals surface area contributed by atoms with Gasteiger partial charge in [-0.25, -0.2) is 0 Å². The zero-order valence-electron chi connectivity index (χ0n) is 10.4. The molecule has 1 aromatic rings. The van der Waals surface area contributed by atoms with Gasteiger partial charge in [0, 0.05) is 30.3 Å². The van der Waals surface area contributed by atoms with Crippen LogP contribution in [0.1, 0.15) is 19.8 Å². The monoisotopic (exact) mass is 297 g/mol. The van der Waals surface area contributed by atoms with Gasteiger partial charge in [0.1, 0.15) is 0 Å². The molecule has 0 aliphatic carbocycles. The molecule has 1 fully saturated rings. The van der Waals surface area contributed by atoms with Gasteiger partial charge in [0.2, 0.25) is 0 Å². The summed E-state index contributed by atoms with van der Waals surface area (Å²) < 4.78 is 1.06. The van der Waals surface area contributed by atoms with Gasteiger partial charge in [-0.15, -0.1) is 0 Å². The zero-order valence-corrected chi connectivity index (χ0v) is 12.0. The third kappa shape index (κ3) is 3.68. The normalized spacial score (nSPS) is 18.1. The van der Waals surface area contributed by atoms with E-state index in [-0.39, 0.29) is 0 Å². The third-order valence-corrected chi connectivity index (χ3v) is 3.62. The van der Waals surface area contributed by atoms with Crippen molar-refractivity contribution >= 4 is 21.6 Å². The number of rotatable bonds is 3. The molecule has 3 nitrogen and oxygen atoms in total. The van der Waals surface area contributed by atoms with Crippen LogP contribution in [0.25, 0.3) is 0 Å². The Morgan fingerprint density at radius 1 is 1.24 bits per heavy atom. The van der Waals surface area contributed by atoms with Gasteiger partial charge in [-0.2, -0.15) is 0 Å². The number of pyridine rings is 1. The van der Waals surface area contributed by atoms with Gasteiger partial charge in [-0.1, -0.05) is 6.92 Å². The number of aromatic nitrogens is 1. The number of hydrogen-bond donors (Lipinski definition) is 0. The average Bonchev–Trinajstić information content (AvgIpc) is 2.55. The summed E-state index contributed by atoms with van der Waals surface area (Å²) in [5.74, 6) is 0. The molecule has 1 aromatic heterocycles. The van der Waals surface area contributed by atoms with Crippen LogP contribution in [0.15, 0.2) is 22.9 Å². The predicted molar refractivity (Wildman–Crippen MR) is 75.5 cm³/mol. The van der Waals surface area contributed by atoms with Crippen LogP contribution in [0.2, 0.25) is 0 Å². The van der Waals surface area contributed by atoms with Crippen LogP contribution in [0.3, 0.4) is 0 Å². The van der Waals surface area contributed by atoms with Crippen molar-refractivity contribution in [3.63, 3.8) is 0 Å². The molecule has 0 amide bonds. The summed E-state index contributed by atoms with van der Waals surface area (Å²) >= 11 is 3.49. The number of hydrogen-bond acceptors (Lipinski definition) is 3. The lowest BCUT2D eigenvalue weighted by molar-refractivity contribution is 0.294. The van der Waals surface area contributed by atoms with Crippen molar-refractivity contribution in [3.05, 3.63) is 22.9 Å². The second-order valence-electron chi connectivity index (χ2n) is 4.54. The second kappa shape index (κ2) is 6.36. The van der Waals surface area contributed by atoms with Crippen molar-refractivity contribution in [2.75, 3.05) is 37.6 Å². The third-order valence-electron chi connectivity index (χ3n) is 3.18. The fourth-order valence-corrected chi connectivity index (χ4v) is 2.70. The van der Waals surface area contributed by atoms with Gasteiger partial charge in [0.25, 0.3) is 0 Å². The highest BCUT2D eigenvalue weighted by Crippen LogP contribution is 2.19. The van der Waals surface area contributed by atoms with Gasteiger partial charge < -0.3 is 9.80 Å². The molecule has 0 radical (unpaired) electrons. The summed E-state index contributed by atoms with van der Waals surface area (Å²) in [5.41, 5.74) is 1.23. The van der Waals surface area contributed by atoms with Gasteiger partial charge >= 0.3 is 0 Å². The highest BCUT2D eigenvalue weighted by Gasteiger charge is 2.14. The summed E-state index contributed by atoms with van der Waals surface area (Å²) in [6.45, 7) is 8.12. The van der Waals surface area contributed by atoms with Crippen LogP contribution in [0.4, 0.5) is 5.69 Å². The van der Waals surface area contributed by atoms with Crippen molar-refractivity contribution in [1.82, 2.24) is 9.88 Å². The molecule has 1 aliphatic heterocycles. The summed E-state index contributed by atoms with van der Waals surface area (Å²) in [6.07, 6.45) is 6.29. The zero-order chi connectivity index (χ0) is 12.1. The standard InChI is InChI=1S/C13H20BrN3/c1-2-4-16-5-3-6-17(8-7-16)13-9-12(14)10-15-11-13/h9-11H,2-8H2,1H3. The fourth-order valence-electron chi connectivity index (χ4n) is 2.34. The molecule has 0 aromatic carbocycles.